The van der Waals surface area contributed by atoms with E-state index in [2.05, 4.69) is 17.5 Å². The molecule has 0 spiro atoms. The minimum atomic E-state index is -0.521. The Labute approximate surface area is 210 Å². The average Bonchev–Trinajstić information content (AvgIpc) is 2.90. The molecule has 1 amide bonds. The van der Waals surface area contributed by atoms with Crippen LogP contribution in [0.2, 0.25) is 0 Å². The molecule has 0 heterocycles. The van der Waals surface area contributed by atoms with Gasteiger partial charge in [-0.2, -0.15) is 5.10 Å². The van der Waals surface area contributed by atoms with E-state index in [1.807, 2.05) is 6.92 Å². The molecule has 3 aromatic rings. The summed E-state index contributed by atoms with van der Waals surface area (Å²) in [7, 11) is 1.47. The van der Waals surface area contributed by atoms with E-state index < -0.39 is 5.97 Å². The summed E-state index contributed by atoms with van der Waals surface area (Å²) in [5.41, 5.74) is 3.98. The molecule has 188 valence electrons. The van der Waals surface area contributed by atoms with Gasteiger partial charge in [0, 0.05) is 5.56 Å². The molecule has 8 nitrogen and oxygen atoms in total. The molecule has 0 saturated heterocycles. The Hall–Kier alpha value is -4.33. The number of nitrogens with one attached hydrogen (secondary N) is 1. The molecule has 0 bridgehead atoms. The highest BCUT2D eigenvalue weighted by molar-refractivity contribution is 5.95. The highest BCUT2D eigenvalue weighted by Gasteiger charge is 2.13. The van der Waals surface area contributed by atoms with Crippen LogP contribution in [-0.4, -0.2) is 38.4 Å². The van der Waals surface area contributed by atoms with Crippen LogP contribution in [0.15, 0.2) is 71.8 Å². The monoisotopic (exact) mass is 490 g/mol. The van der Waals surface area contributed by atoms with Crippen molar-refractivity contribution in [2.45, 2.75) is 26.7 Å². The van der Waals surface area contributed by atoms with Gasteiger partial charge in [-0.3, -0.25) is 4.79 Å². The molecule has 0 aliphatic heterocycles. The number of carbonyl (C=O) groups is 2. The third kappa shape index (κ3) is 7.59. The van der Waals surface area contributed by atoms with Crippen LogP contribution in [0.5, 0.6) is 23.0 Å². The molecule has 0 aromatic heterocycles. The molecular formula is C28H30N2O6. The first-order valence-corrected chi connectivity index (χ1v) is 11.7. The van der Waals surface area contributed by atoms with Gasteiger partial charge in [-0.15, -0.1) is 0 Å². The topological polar surface area (TPSA) is 95.5 Å². The van der Waals surface area contributed by atoms with Gasteiger partial charge in [0.25, 0.3) is 5.91 Å². The molecule has 8 heteroatoms. The summed E-state index contributed by atoms with van der Waals surface area (Å²) in [6, 6.07) is 18.5. The SMILES string of the molecule is CCCCOc1ccc(C(=O)N/N=C/c2ccc(OC(=O)c3ccc(OCC)cc3)c(OC)c2)cc1. The van der Waals surface area contributed by atoms with E-state index in [0.29, 0.717) is 41.4 Å². The zero-order valence-electron chi connectivity index (χ0n) is 20.7. The predicted octanol–water partition coefficient (Wildman–Crippen LogP) is 5.26. The van der Waals surface area contributed by atoms with Gasteiger partial charge in [0.2, 0.25) is 0 Å². The van der Waals surface area contributed by atoms with E-state index >= 15 is 0 Å². The first-order chi connectivity index (χ1) is 17.5. The minimum absolute atomic E-state index is 0.263. The van der Waals surface area contributed by atoms with Gasteiger partial charge in [0.15, 0.2) is 11.5 Å². The zero-order chi connectivity index (χ0) is 25.8. The first-order valence-electron chi connectivity index (χ1n) is 11.7. The number of ether oxygens (including phenoxy) is 4. The Morgan fingerprint density at radius 3 is 2.17 bits per heavy atom. The van der Waals surface area contributed by atoms with Gasteiger partial charge in [-0.1, -0.05) is 13.3 Å². The van der Waals surface area contributed by atoms with Crippen LogP contribution in [0.25, 0.3) is 0 Å². The van der Waals surface area contributed by atoms with Crippen molar-refractivity contribution in [2.75, 3.05) is 20.3 Å². The second-order valence-corrected chi connectivity index (χ2v) is 7.68. The lowest BCUT2D eigenvalue weighted by molar-refractivity contribution is 0.0729. The Kier molecular flexibility index (Phi) is 9.88. The van der Waals surface area contributed by atoms with Crippen LogP contribution in [0.3, 0.4) is 0 Å². The normalized spacial score (nSPS) is 10.6. The Morgan fingerprint density at radius 2 is 1.53 bits per heavy atom. The summed E-state index contributed by atoms with van der Waals surface area (Å²) >= 11 is 0. The summed E-state index contributed by atoms with van der Waals surface area (Å²) < 4.78 is 21.8. The maximum absolute atomic E-state index is 12.5. The summed E-state index contributed by atoms with van der Waals surface area (Å²) in [5.74, 6) is 1.14. The van der Waals surface area contributed by atoms with Crippen molar-refractivity contribution in [3.63, 3.8) is 0 Å². The van der Waals surface area contributed by atoms with Crippen molar-refractivity contribution in [3.05, 3.63) is 83.4 Å². The number of carbonyl (C=O) groups excluding carboxylic acids is 2. The van der Waals surface area contributed by atoms with Crippen LogP contribution in [0, 0.1) is 0 Å². The largest absolute Gasteiger partial charge is 0.494 e. The molecule has 0 unspecified atom stereocenters. The number of nitrogens with zero attached hydrogens (tertiary/aromatic N) is 1. The first kappa shape index (κ1) is 26.3. The highest BCUT2D eigenvalue weighted by Crippen LogP contribution is 2.28. The van der Waals surface area contributed by atoms with Crippen molar-refractivity contribution < 1.29 is 28.5 Å². The predicted molar refractivity (Wildman–Crippen MR) is 137 cm³/mol. The number of methoxy groups -OCH3 is 1. The maximum Gasteiger partial charge on any atom is 0.343 e. The van der Waals surface area contributed by atoms with Crippen molar-refractivity contribution in [1.82, 2.24) is 5.43 Å². The number of benzene rings is 3. The van der Waals surface area contributed by atoms with Crippen molar-refractivity contribution in [3.8, 4) is 23.0 Å². The number of unbranched alkanes of at least 4 members (excludes halogenated alkanes) is 1. The standard InChI is InChI=1S/C28H30N2O6/c1-4-6-17-35-24-12-8-21(9-13-24)27(31)30-29-19-20-7-16-25(26(18-20)33-3)36-28(32)22-10-14-23(15-11-22)34-5-2/h7-16,18-19H,4-6,17H2,1-3H3,(H,30,31)/b29-19+. The third-order valence-corrected chi connectivity index (χ3v) is 5.05. The zero-order valence-corrected chi connectivity index (χ0v) is 20.7. The molecule has 0 radical (unpaired) electrons. The Balaban J connectivity index is 1.58. The molecule has 0 aliphatic rings. The fraction of sp³-hybridized carbons (Fsp3) is 0.250. The molecule has 1 N–H and O–H groups in total. The van der Waals surface area contributed by atoms with Crippen molar-refractivity contribution >= 4 is 18.1 Å². The van der Waals surface area contributed by atoms with Gasteiger partial charge in [-0.25, -0.2) is 10.2 Å². The number of hydrogen-bond donors (Lipinski definition) is 1. The molecule has 36 heavy (non-hydrogen) atoms. The lowest BCUT2D eigenvalue weighted by atomic mass is 10.2. The number of esters is 1. The number of hydrogen-bond acceptors (Lipinski definition) is 7. The highest BCUT2D eigenvalue weighted by atomic mass is 16.6. The average molecular weight is 491 g/mol. The van der Waals surface area contributed by atoms with E-state index in [1.54, 1.807) is 66.7 Å². The van der Waals surface area contributed by atoms with Gasteiger partial charge in [0.1, 0.15) is 11.5 Å². The number of hydrazone groups is 1. The van der Waals surface area contributed by atoms with Gasteiger partial charge < -0.3 is 18.9 Å². The summed E-state index contributed by atoms with van der Waals surface area (Å²) in [6.45, 7) is 5.18. The van der Waals surface area contributed by atoms with Crippen LogP contribution < -0.4 is 24.4 Å². The second-order valence-electron chi connectivity index (χ2n) is 7.68. The number of rotatable bonds is 12. The Morgan fingerprint density at radius 1 is 0.861 bits per heavy atom. The Bertz CT molecular complexity index is 1170. The van der Waals surface area contributed by atoms with E-state index in [1.165, 1.54) is 13.3 Å². The molecule has 0 atom stereocenters. The van der Waals surface area contributed by atoms with Crippen LogP contribution in [0.4, 0.5) is 0 Å². The van der Waals surface area contributed by atoms with Crippen LogP contribution in [-0.2, 0) is 0 Å². The van der Waals surface area contributed by atoms with Crippen molar-refractivity contribution in [2.24, 2.45) is 5.10 Å². The molecule has 0 saturated carbocycles. The summed E-state index contributed by atoms with van der Waals surface area (Å²) in [4.78, 5) is 24.8. The lowest BCUT2D eigenvalue weighted by Crippen LogP contribution is -2.17. The second kappa shape index (κ2) is 13.5. The maximum atomic E-state index is 12.5. The molecule has 0 fully saturated rings. The molecule has 3 aromatic carbocycles. The van der Waals surface area contributed by atoms with Crippen LogP contribution in [0.1, 0.15) is 53.0 Å². The smallest absolute Gasteiger partial charge is 0.343 e. The van der Waals surface area contributed by atoms with Crippen molar-refractivity contribution in [1.29, 1.82) is 0 Å². The van der Waals surface area contributed by atoms with E-state index in [0.717, 1.165) is 18.6 Å². The van der Waals surface area contributed by atoms with Crippen LogP contribution >= 0.6 is 0 Å². The van der Waals surface area contributed by atoms with E-state index in [4.69, 9.17) is 18.9 Å². The van der Waals surface area contributed by atoms with E-state index in [-0.39, 0.29) is 11.7 Å². The van der Waals surface area contributed by atoms with E-state index in [9.17, 15) is 9.59 Å². The summed E-state index contributed by atoms with van der Waals surface area (Å²) in [6.07, 6.45) is 3.51. The third-order valence-electron chi connectivity index (χ3n) is 5.05. The van der Waals surface area contributed by atoms with Gasteiger partial charge in [-0.05, 0) is 85.6 Å². The quantitative estimate of drug-likeness (QED) is 0.122. The minimum Gasteiger partial charge on any atom is -0.494 e. The fourth-order valence-electron chi connectivity index (χ4n) is 3.13. The van der Waals surface area contributed by atoms with Gasteiger partial charge in [0.05, 0.1) is 32.1 Å². The summed E-state index contributed by atoms with van der Waals surface area (Å²) in [5, 5.41) is 4.01. The molecular weight excluding hydrogens is 460 g/mol. The number of amides is 1. The fourth-order valence-corrected chi connectivity index (χ4v) is 3.13. The van der Waals surface area contributed by atoms with Gasteiger partial charge >= 0.3 is 5.97 Å². The lowest BCUT2D eigenvalue weighted by Gasteiger charge is -2.10. The molecule has 3 rings (SSSR count). The molecule has 0 aliphatic carbocycles.